The van der Waals surface area contributed by atoms with Crippen molar-refractivity contribution in [3.05, 3.63) is 0 Å². The van der Waals surface area contributed by atoms with Gasteiger partial charge in [0.25, 0.3) is 0 Å². The standard InChI is InChI=1S/C10H22N2OS/c1-12-5-6-13-10(9-12)8-11-4-3-7-14-2/h10-11H,3-9H2,1-2H3. The Morgan fingerprint density at radius 3 is 3.14 bits per heavy atom. The minimum absolute atomic E-state index is 0.392. The maximum absolute atomic E-state index is 5.65. The van der Waals surface area contributed by atoms with E-state index in [0.29, 0.717) is 6.10 Å². The number of likely N-dealkylation sites (N-methyl/N-ethyl adjacent to an activating group) is 1. The van der Waals surface area contributed by atoms with Crippen molar-refractivity contribution in [1.29, 1.82) is 0 Å². The Labute approximate surface area is 91.6 Å². The molecule has 1 fully saturated rings. The van der Waals surface area contributed by atoms with Crippen LogP contribution in [0.15, 0.2) is 0 Å². The summed E-state index contributed by atoms with van der Waals surface area (Å²) in [5, 5.41) is 3.45. The first kappa shape index (κ1) is 12.3. The second kappa shape index (κ2) is 7.51. The van der Waals surface area contributed by atoms with Gasteiger partial charge < -0.3 is 15.0 Å². The summed E-state index contributed by atoms with van der Waals surface area (Å²) in [6.45, 7) is 5.13. The molecular formula is C10H22N2OS. The molecule has 0 bridgehead atoms. The maximum atomic E-state index is 5.65. The van der Waals surface area contributed by atoms with Crippen molar-refractivity contribution in [1.82, 2.24) is 10.2 Å². The highest BCUT2D eigenvalue weighted by Gasteiger charge is 2.16. The van der Waals surface area contributed by atoms with Crippen molar-refractivity contribution in [2.45, 2.75) is 12.5 Å². The Morgan fingerprint density at radius 2 is 2.43 bits per heavy atom. The van der Waals surface area contributed by atoms with Crippen molar-refractivity contribution in [2.24, 2.45) is 0 Å². The fraction of sp³-hybridized carbons (Fsp3) is 1.00. The summed E-state index contributed by atoms with van der Waals surface area (Å²) in [5.74, 6) is 1.25. The molecule has 0 aromatic carbocycles. The molecule has 4 heteroatoms. The molecule has 1 saturated heterocycles. The van der Waals surface area contributed by atoms with Crippen molar-refractivity contribution >= 4 is 11.8 Å². The average Bonchev–Trinajstić information content (AvgIpc) is 2.18. The summed E-state index contributed by atoms with van der Waals surface area (Å²) >= 11 is 1.91. The van der Waals surface area contributed by atoms with E-state index in [9.17, 15) is 0 Å². The van der Waals surface area contributed by atoms with Crippen LogP contribution in [-0.2, 0) is 4.74 Å². The molecule has 1 atom stereocenters. The number of nitrogens with one attached hydrogen (secondary N) is 1. The van der Waals surface area contributed by atoms with Crippen LogP contribution in [0, 0.1) is 0 Å². The van der Waals surface area contributed by atoms with Gasteiger partial charge >= 0.3 is 0 Å². The smallest absolute Gasteiger partial charge is 0.0826 e. The van der Waals surface area contributed by atoms with E-state index in [1.807, 2.05) is 11.8 Å². The van der Waals surface area contributed by atoms with E-state index >= 15 is 0 Å². The number of nitrogens with zero attached hydrogens (tertiary/aromatic N) is 1. The van der Waals surface area contributed by atoms with E-state index in [-0.39, 0.29) is 0 Å². The van der Waals surface area contributed by atoms with Crippen LogP contribution >= 0.6 is 11.8 Å². The van der Waals surface area contributed by atoms with Crippen LogP contribution in [0.3, 0.4) is 0 Å². The van der Waals surface area contributed by atoms with E-state index in [4.69, 9.17) is 4.74 Å². The minimum Gasteiger partial charge on any atom is -0.374 e. The third-order valence-corrected chi connectivity index (χ3v) is 3.11. The molecule has 1 aliphatic rings. The number of rotatable bonds is 6. The average molecular weight is 218 g/mol. The highest BCUT2D eigenvalue weighted by molar-refractivity contribution is 7.98. The summed E-state index contributed by atoms with van der Waals surface area (Å²) < 4.78 is 5.65. The summed E-state index contributed by atoms with van der Waals surface area (Å²) in [6, 6.07) is 0. The Kier molecular flexibility index (Phi) is 6.60. The summed E-state index contributed by atoms with van der Waals surface area (Å²) in [7, 11) is 2.16. The van der Waals surface area contributed by atoms with Crippen LogP contribution in [0.2, 0.25) is 0 Å². The lowest BCUT2D eigenvalue weighted by Crippen LogP contribution is -2.45. The van der Waals surface area contributed by atoms with E-state index < -0.39 is 0 Å². The summed E-state index contributed by atoms with van der Waals surface area (Å²) in [6.07, 6.45) is 3.80. The first-order valence-electron chi connectivity index (χ1n) is 5.32. The van der Waals surface area contributed by atoms with Gasteiger partial charge in [0.1, 0.15) is 0 Å². The summed E-state index contributed by atoms with van der Waals surface area (Å²) in [5.41, 5.74) is 0. The minimum atomic E-state index is 0.392. The van der Waals surface area contributed by atoms with Crippen LogP contribution in [0.1, 0.15) is 6.42 Å². The predicted molar refractivity (Wildman–Crippen MR) is 63.1 cm³/mol. The zero-order valence-corrected chi connectivity index (χ0v) is 10.1. The van der Waals surface area contributed by atoms with Gasteiger partial charge in [-0.3, -0.25) is 0 Å². The van der Waals surface area contributed by atoms with Crippen LogP contribution in [0.25, 0.3) is 0 Å². The molecule has 0 aliphatic carbocycles. The van der Waals surface area contributed by atoms with Crippen molar-refractivity contribution in [2.75, 3.05) is 51.8 Å². The molecule has 0 aromatic rings. The van der Waals surface area contributed by atoms with Gasteiger partial charge in [-0.05, 0) is 32.0 Å². The second-order valence-electron chi connectivity index (χ2n) is 3.81. The van der Waals surface area contributed by atoms with Gasteiger partial charge in [-0.2, -0.15) is 11.8 Å². The molecule has 0 saturated carbocycles. The molecule has 0 amide bonds. The molecule has 0 radical (unpaired) electrons. The van der Waals surface area contributed by atoms with Gasteiger partial charge in [-0.1, -0.05) is 0 Å². The van der Waals surface area contributed by atoms with Gasteiger partial charge in [0, 0.05) is 19.6 Å². The molecule has 1 heterocycles. The van der Waals surface area contributed by atoms with Crippen LogP contribution in [0.5, 0.6) is 0 Å². The molecule has 3 nitrogen and oxygen atoms in total. The van der Waals surface area contributed by atoms with Crippen molar-refractivity contribution in [3.63, 3.8) is 0 Å². The topological polar surface area (TPSA) is 24.5 Å². The van der Waals surface area contributed by atoms with E-state index in [0.717, 1.165) is 32.8 Å². The zero-order valence-electron chi connectivity index (χ0n) is 9.29. The Bertz CT molecular complexity index is 146. The number of thioether (sulfide) groups is 1. The number of hydrogen-bond donors (Lipinski definition) is 1. The SMILES string of the molecule is CSCCCNCC1CN(C)CCO1. The second-order valence-corrected chi connectivity index (χ2v) is 4.79. The number of morpholine rings is 1. The van der Waals surface area contributed by atoms with Crippen LogP contribution in [0.4, 0.5) is 0 Å². The summed E-state index contributed by atoms with van der Waals surface area (Å²) in [4.78, 5) is 2.33. The molecular weight excluding hydrogens is 196 g/mol. The maximum Gasteiger partial charge on any atom is 0.0826 e. The molecule has 1 N–H and O–H groups in total. The number of hydrogen-bond acceptors (Lipinski definition) is 4. The third kappa shape index (κ3) is 5.20. The van der Waals surface area contributed by atoms with Crippen molar-refractivity contribution < 1.29 is 4.74 Å². The zero-order chi connectivity index (χ0) is 10.2. The molecule has 1 aliphatic heterocycles. The van der Waals surface area contributed by atoms with Crippen LogP contribution in [-0.4, -0.2) is 62.8 Å². The quantitative estimate of drug-likeness (QED) is 0.662. The lowest BCUT2D eigenvalue weighted by atomic mass is 10.3. The van der Waals surface area contributed by atoms with E-state index in [1.165, 1.54) is 12.2 Å². The molecule has 0 spiro atoms. The van der Waals surface area contributed by atoms with Gasteiger partial charge in [0.15, 0.2) is 0 Å². The monoisotopic (exact) mass is 218 g/mol. The lowest BCUT2D eigenvalue weighted by Gasteiger charge is -2.30. The molecule has 14 heavy (non-hydrogen) atoms. The normalized spacial score (nSPS) is 24.0. The molecule has 0 aromatic heterocycles. The number of ether oxygens (including phenoxy) is 1. The molecule has 1 unspecified atom stereocenters. The Balaban J connectivity index is 1.95. The highest BCUT2D eigenvalue weighted by Crippen LogP contribution is 2.01. The molecule has 1 rings (SSSR count). The first-order chi connectivity index (χ1) is 6.83. The van der Waals surface area contributed by atoms with E-state index in [1.54, 1.807) is 0 Å². The van der Waals surface area contributed by atoms with E-state index in [2.05, 4.69) is 23.5 Å². The van der Waals surface area contributed by atoms with Gasteiger partial charge in [0.05, 0.1) is 12.7 Å². The molecule has 84 valence electrons. The van der Waals surface area contributed by atoms with Gasteiger partial charge in [-0.15, -0.1) is 0 Å². The first-order valence-corrected chi connectivity index (χ1v) is 6.72. The van der Waals surface area contributed by atoms with Gasteiger partial charge in [-0.25, -0.2) is 0 Å². The van der Waals surface area contributed by atoms with Crippen LogP contribution < -0.4 is 5.32 Å². The fourth-order valence-corrected chi connectivity index (χ4v) is 2.03. The Hall–Kier alpha value is 0.230. The Morgan fingerprint density at radius 1 is 1.57 bits per heavy atom. The third-order valence-electron chi connectivity index (χ3n) is 2.42. The largest absolute Gasteiger partial charge is 0.374 e. The van der Waals surface area contributed by atoms with Gasteiger partial charge in [0.2, 0.25) is 0 Å². The van der Waals surface area contributed by atoms with Crippen molar-refractivity contribution in [3.8, 4) is 0 Å². The highest BCUT2D eigenvalue weighted by atomic mass is 32.2. The lowest BCUT2D eigenvalue weighted by molar-refractivity contribution is -0.0179. The predicted octanol–water partition coefficient (Wildman–Crippen LogP) is 0.660. The fourth-order valence-electron chi connectivity index (χ4n) is 1.59.